The first-order valence-electron chi connectivity index (χ1n) is 6.68. The molecule has 0 aliphatic carbocycles. The first-order chi connectivity index (χ1) is 11.8. The summed E-state index contributed by atoms with van der Waals surface area (Å²) in [5, 5.41) is 7.78. The number of hydrogen-bond acceptors (Lipinski definition) is 8. The van der Waals surface area contributed by atoms with Crippen molar-refractivity contribution in [1.82, 2.24) is 0 Å². The van der Waals surface area contributed by atoms with Gasteiger partial charge in [0.15, 0.2) is 0 Å². The number of carbonyl (C=O) groups excluding carboxylic acids is 2. The number of primary sulfonamides is 1. The van der Waals surface area contributed by atoms with Crippen LogP contribution >= 0.6 is 11.6 Å². The van der Waals surface area contributed by atoms with E-state index in [1.807, 2.05) is 0 Å². The molecule has 0 bridgehead atoms. The number of carbonyl (C=O) groups is 2. The van der Waals surface area contributed by atoms with Gasteiger partial charge in [0.1, 0.15) is 10.7 Å². The van der Waals surface area contributed by atoms with Crippen molar-refractivity contribution >= 4 is 39.8 Å². The van der Waals surface area contributed by atoms with E-state index >= 15 is 0 Å². The van der Waals surface area contributed by atoms with Gasteiger partial charge in [-0.2, -0.15) is 0 Å². The number of nitrogens with two attached hydrogens (primary N) is 1. The van der Waals surface area contributed by atoms with Crippen LogP contribution in [-0.2, 0) is 30.8 Å². The maximum Gasteiger partial charge on any atom is 0.343 e. The van der Waals surface area contributed by atoms with Crippen LogP contribution in [0.4, 0.5) is 5.69 Å². The first kappa shape index (κ1) is 18.8. The molecule has 0 atom stereocenters. The summed E-state index contributed by atoms with van der Waals surface area (Å²) >= 11 is 5.93. The number of furan rings is 1. The third-order valence-electron chi connectivity index (χ3n) is 2.96. The lowest BCUT2D eigenvalue weighted by Gasteiger charge is -2.13. The summed E-state index contributed by atoms with van der Waals surface area (Å²) in [7, 11) is -4.16. The zero-order chi connectivity index (χ0) is 18.4. The van der Waals surface area contributed by atoms with Crippen molar-refractivity contribution in [3.05, 3.63) is 46.9 Å². The molecular formula is C14H13ClN2O7S. The molecule has 25 heavy (non-hydrogen) atoms. The Labute approximate surface area is 147 Å². The van der Waals surface area contributed by atoms with Crippen molar-refractivity contribution in [3.63, 3.8) is 0 Å². The quantitative estimate of drug-likeness (QED) is 0.300. The van der Waals surface area contributed by atoms with Crippen molar-refractivity contribution in [2.75, 3.05) is 12.1 Å². The molecule has 0 unspecified atom stereocenters. The SMILES string of the molecule is NS(=O)(=O)c1cc(C(=O)OCOC=O)c(NCc2ccco2)cc1Cl. The molecule has 2 rings (SSSR count). The Morgan fingerprint density at radius 2 is 2.16 bits per heavy atom. The predicted octanol–water partition coefficient (Wildman–Crippen LogP) is 1.48. The highest BCUT2D eigenvalue weighted by Gasteiger charge is 2.21. The number of benzene rings is 1. The number of sulfonamides is 1. The summed E-state index contributed by atoms with van der Waals surface area (Å²) in [6.45, 7) is -0.336. The second kappa shape index (κ2) is 8.01. The minimum atomic E-state index is -4.16. The Kier molecular flexibility index (Phi) is 6.02. The Hall–Kier alpha value is -2.56. The molecule has 2 aromatic rings. The van der Waals surface area contributed by atoms with Gasteiger partial charge in [-0.25, -0.2) is 18.4 Å². The third kappa shape index (κ3) is 4.95. The van der Waals surface area contributed by atoms with E-state index in [4.69, 9.17) is 25.9 Å². The van der Waals surface area contributed by atoms with Gasteiger partial charge in [0.05, 0.1) is 29.1 Å². The van der Waals surface area contributed by atoms with Crippen LogP contribution in [0.2, 0.25) is 5.02 Å². The van der Waals surface area contributed by atoms with Crippen LogP contribution in [0.15, 0.2) is 39.8 Å². The molecule has 0 amide bonds. The summed E-state index contributed by atoms with van der Waals surface area (Å²) in [6, 6.07) is 5.58. The first-order valence-corrected chi connectivity index (χ1v) is 8.60. The molecule has 0 radical (unpaired) electrons. The molecular weight excluding hydrogens is 376 g/mol. The minimum absolute atomic E-state index is 0.0982. The fraction of sp³-hybridized carbons (Fsp3) is 0.143. The fourth-order valence-electron chi connectivity index (χ4n) is 1.88. The molecule has 1 aromatic heterocycles. The second-order valence-electron chi connectivity index (χ2n) is 4.62. The molecule has 3 N–H and O–H groups in total. The number of anilines is 1. The largest absolute Gasteiger partial charge is 0.467 e. The van der Waals surface area contributed by atoms with Gasteiger partial charge in [0.25, 0.3) is 6.47 Å². The average molecular weight is 389 g/mol. The second-order valence-corrected chi connectivity index (χ2v) is 6.56. The summed E-state index contributed by atoms with van der Waals surface area (Å²) < 4.78 is 37.3. The Morgan fingerprint density at radius 3 is 2.76 bits per heavy atom. The van der Waals surface area contributed by atoms with Crippen LogP contribution in [0.5, 0.6) is 0 Å². The Balaban J connectivity index is 2.36. The molecule has 1 heterocycles. The van der Waals surface area contributed by atoms with Crippen LogP contribution in [0.3, 0.4) is 0 Å². The highest BCUT2D eigenvalue weighted by molar-refractivity contribution is 7.89. The molecule has 0 spiro atoms. The van der Waals surface area contributed by atoms with Gasteiger partial charge in [0.2, 0.25) is 16.8 Å². The standard InChI is InChI=1S/C14H13ClN2O7S/c15-11-5-12(17-6-9-2-1-3-23-9)10(4-13(11)25(16,20)21)14(19)24-8-22-7-18/h1-5,7,17H,6,8H2,(H2,16,20,21). The van der Waals surface area contributed by atoms with Gasteiger partial charge in [-0.3, -0.25) is 4.79 Å². The van der Waals surface area contributed by atoms with E-state index < -0.39 is 27.7 Å². The fourth-order valence-corrected chi connectivity index (χ4v) is 2.97. The molecule has 11 heteroatoms. The average Bonchev–Trinajstić information content (AvgIpc) is 3.05. The molecule has 0 saturated carbocycles. The highest BCUT2D eigenvalue weighted by Crippen LogP contribution is 2.29. The number of rotatable bonds is 8. The lowest BCUT2D eigenvalue weighted by Crippen LogP contribution is -2.17. The zero-order valence-electron chi connectivity index (χ0n) is 12.6. The van der Waals surface area contributed by atoms with Gasteiger partial charge in [-0.05, 0) is 24.3 Å². The minimum Gasteiger partial charge on any atom is -0.467 e. The van der Waals surface area contributed by atoms with Crippen molar-refractivity contribution < 1.29 is 31.9 Å². The van der Waals surface area contributed by atoms with Gasteiger partial charge < -0.3 is 19.2 Å². The van der Waals surface area contributed by atoms with E-state index in [1.54, 1.807) is 12.1 Å². The van der Waals surface area contributed by atoms with Gasteiger partial charge in [0, 0.05) is 0 Å². The van der Waals surface area contributed by atoms with Crippen LogP contribution in [0.25, 0.3) is 0 Å². The lowest BCUT2D eigenvalue weighted by molar-refractivity contribution is -0.136. The molecule has 0 aliphatic heterocycles. The van der Waals surface area contributed by atoms with E-state index in [0.717, 1.165) is 6.07 Å². The number of esters is 1. The number of nitrogens with one attached hydrogen (secondary N) is 1. The van der Waals surface area contributed by atoms with E-state index in [-0.39, 0.29) is 29.3 Å². The maximum atomic E-state index is 12.1. The number of hydrogen-bond donors (Lipinski definition) is 2. The maximum absolute atomic E-state index is 12.1. The van der Waals surface area contributed by atoms with Crippen molar-refractivity contribution in [3.8, 4) is 0 Å². The molecule has 134 valence electrons. The van der Waals surface area contributed by atoms with E-state index in [2.05, 4.69) is 10.1 Å². The van der Waals surface area contributed by atoms with Crippen LogP contribution in [0, 0.1) is 0 Å². The lowest BCUT2D eigenvalue weighted by atomic mass is 10.1. The van der Waals surface area contributed by atoms with Gasteiger partial charge in [-0.15, -0.1) is 0 Å². The van der Waals surface area contributed by atoms with E-state index in [0.29, 0.717) is 5.76 Å². The third-order valence-corrected chi connectivity index (χ3v) is 4.33. The number of ether oxygens (including phenoxy) is 2. The van der Waals surface area contributed by atoms with Gasteiger partial charge in [-0.1, -0.05) is 11.6 Å². The highest BCUT2D eigenvalue weighted by atomic mass is 35.5. The smallest absolute Gasteiger partial charge is 0.343 e. The van der Waals surface area contributed by atoms with E-state index in [9.17, 15) is 18.0 Å². The molecule has 0 aliphatic rings. The molecule has 0 saturated heterocycles. The number of halogens is 1. The van der Waals surface area contributed by atoms with Crippen LogP contribution < -0.4 is 10.5 Å². The topological polar surface area (TPSA) is 138 Å². The van der Waals surface area contributed by atoms with Crippen molar-refractivity contribution in [2.24, 2.45) is 5.14 Å². The van der Waals surface area contributed by atoms with Crippen LogP contribution in [-0.4, -0.2) is 27.7 Å². The Morgan fingerprint density at radius 1 is 1.40 bits per heavy atom. The predicted molar refractivity (Wildman–Crippen MR) is 86.3 cm³/mol. The molecule has 1 aromatic carbocycles. The van der Waals surface area contributed by atoms with Gasteiger partial charge >= 0.3 is 5.97 Å². The monoisotopic (exact) mass is 388 g/mol. The summed E-state index contributed by atoms with van der Waals surface area (Å²) in [5.41, 5.74) is 0.0272. The molecule has 0 fully saturated rings. The summed E-state index contributed by atoms with van der Waals surface area (Å²) in [5.74, 6) is -0.374. The normalized spacial score (nSPS) is 11.0. The van der Waals surface area contributed by atoms with Crippen LogP contribution in [0.1, 0.15) is 16.1 Å². The zero-order valence-corrected chi connectivity index (χ0v) is 14.2. The Bertz CT molecular complexity index is 866. The van der Waals surface area contributed by atoms with Crippen molar-refractivity contribution in [2.45, 2.75) is 11.4 Å². The summed E-state index contributed by atoms with van der Waals surface area (Å²) in [4.78, 5) is 21.8. The summed E-state index contributed by atoms with van der Waals surface area (Å²) in [6.07, 6.45) is 1.47. The van der Waals surface area contributed by atoms with E-state index in [1.165, 1.54) is 12.3 Å². The molecule has 9 nitrogen and oxygen atoms in total. The van der Waals surface area contributed by atoms with Crippen molar-refractivity contribution in [1.29, 1.82) is 0 Å².